The number of amides is 3. The summed E-state index contributed by atoms with van der Waals surface area (Å²) in [6.45, 7) is 1.68. The zero-order chi connectivity index (χ0) is 28.2. The van der Waals surface area contributed by atoms with E-state index in [1.165, 1.54) is 0 Å². The van der Waals surface area contributed by atoms with E-state index in [0.717, 1.165) is 16.8 Å². The third-order valence-corrected chi connectivity index (χ3v) is 7.96. The topological polar surface area (TPSA) is 91.4 Å². The lowest BCUT2D eigenvalue weighted by Crippen LogP contribution is -2.57. The Morgan fingerprint density at radius 2 is 1.61 bits per heavy atom. The fraction of sp³-hybridized carbons (Fsp3) is 0.281. The number of likely N-dealkylation sites (tertiary alicyclic amines) is 1. The van der Waals surface area contributed by atoms with Crippen LogP contribution in [0.2, 0.25) is 0 Å². The van der Waals surface area contributed by atoms with Gasteiger partial charge in [-0.2, -0.15) is 0 Å². The van der Waals surface area contributed by atoms with Gasteiger partial charge >= 0.3 is 0 Å². The maximum Gasteiger partial charge on any atom is 0.250 e. The molecule has 0 bridgehead atoms. The van der Waals surface area contributed by atoms with E-state index in [2.05, 4.69) is 10.2 Å². The average molecular weight is 553 g/mol. The van der Waals surface area contributed by atoms with Crippen LogP contribution in [0.15, 0.2) is 84.9 Å². The Kier molecular flexibility index (Phi) is 7.33. The summed E-state index contributed by atoms with van der Waals surface area (Å²) in [6.07, 6.45) is 4.38. The minimum Gasteiger partial charge on any atom is -0.454 e. The summed E-state index contributed by atoms with van der Waals surface area (Å²) in [6, 6.07) is 25.0. The number of hydrogen-bond donors (Lipinski definition) is 1. The van der Waals surface area contributed by atoms with Crippen molar-refractivity contribution in [2.75, 3.05) is 38.0 Å². The minimum atomic E-state index is -0.807. The molecule has 0 radical (unpaired) electrons. The van der Waals surface area contributed by atoms with E-state index in [4.69, 9.17) is 9.47 Å². The third-order valence-electron chi connectivity index (χ3n) is 7.96. The molecule has 9 nitrogen and oxygen atoms in total. The van der Waals surface area contributed by atoms with Crippen LogP contribution in [0.5, 0.6) is 11.5 Å². The van der Waals surface area contributed by atoms with Crippen LogP contribution in [-0.4, -0.2) is 66.2 Å². The molecule has 6 rings (SSSR count). The first kappa shape index (κ1) is 26.4. The van der Waals surface area contributed by atoms with Gasteiger partial charge in [-0.25, -0.2) is 0 Å². The number of fused-ring (bicyclic) bond motifs is 1. The first-order valence-corrected chi connectivity index (χ1v) is 13.8. The van der Waals surface area contributed by atoms with Gasteiger partial charge in [0.1, 0.15) is 12.1 Å². The fourth-order valence-corrected chi connectivity index (χ4v) is 5.74. The van der Waals surface area contributed by atoms with Gasteiger partial charge in [-0.3, -0.25) is 14.4 Å². The molecule has 3 aliphatic heterocycles. The summed E-state index contributed by atoms with van der Waals surface area (Å²) < 4.78 is 10.8. The highest BCUT2D eigenvalue weighted by Crippen LogP contribution is 2.39. The third kappa shape index (κ3) is 5.48. The first-order valence-electron chi connectivity index (χ1n) is 13.8. The molecular weight excluding hydrogens is 520 g/mol. The number of para-hydroxylation sites is 1. The second kappa shape index (κ2) is 11.4. The monoisotopic (exact) mass is 552 g/mol. The number of nitrogens with zero attached hydrogens (tertiary/aromatic N) is 3. The SMILES string of the molecule is O=C(CN1CN(c2ccccc2)C2(CCN(C(=O)C=Cc3ccccc3)CC2)C1=O)NCc1ccc2c(c1)OCO2. The Balaban J connectivity index is 1.12. The summed E-state index contributed by atoms with van der Waals surface area (Å²) >= 11 is 0. The second-order valence-electron chi connectivity index (χ2n) is 10.5. The van der Waals surface area contributed by atoms with Gasteiger partial charge in [0.25, 0.3) is 5.91 Å². The van der Waals surface area contributed by atoms with Crippen molar-refractivity contribution in [1.82, 2.24) is 15.1 Å². The molecule has 2 fully saturated rings. The number of hydrogen-bond acceptors (Lipinski definition) is 6. The smallest absolute Gasteiger partial charge is 0.250 e. The summed E-state index contributed by atoms with van der Waals surface area (Å²) in [4.78, 5) is 45.3. The molecule has 2 saturated heterocycles. The van der Waals surface area contributed by atoms with Crippen LogP contribution in [0.4, 0.5) is 5.69 Å². The van der Waals surface area contributed by atoms with E-state index >= 15 is 0 Å². The quantitative estimate of drug-likeness (QED) is 0.452. The van der Waals surface area contributed by atoms with Crippen molar-refractivity contribution in [3.05, 3.63) is 96.1 Å². The number of carbonyl (C=O) groups is 3. The molecule has 1 N–H and O–H groups in total. The predicted octanol–water partition coefficient (Wildman–Crippen LogP) is 3.41. The second-order valence-corrected chi connectivity index (χ2v) is 10.5. The van der Waals surface area contributed by atoms with E-state index in [9.17, 15) is 14.4 Å². The van der Waals surface area contributed by atoms with Gasteiger partial charge in [0, 0.05) is 31.4 Å². The van der Waals surface area contributed by atoms with Crippen molar-refractivity contribution in [2.45, 2.75) is 24.9 Å². The normalized spacial score (nSPS) is 17.5. The zero-order valence-electron chi connectivity index (χ0n) is 22.7. The number of piperidine rings is 1. The molecule has 41 heavy (non-hydrogen) atoms. The van der Waals surface area contributed by atoms with Crippen LogP contribution in [0.1, 0.15) is 24.0 Å². The number of carbonyl (C=O) groups excluding carboxylic acids is 3. The molecule has 3 aromatic rings. The number of benzene rings is 3. The Bertz CT molecular complexity index is 1450. The van der Waals surface area contributed by atoms with Crippen LogP contribution in [0.25, 0.3) is 6.08 Å². The van der Waals surface area contributed by atoms with E-state index in [1.54, 1.807) is 15.9 Å². The van der Waals surface area contributed by atoms with Crippen LogP contribution >= 0.6 is 0 Å². The highest BCUT2D eigenvalue weighted by atomic mass is 16.7. The highest BCUT2D eigenvalue weighted by Gasteiger charge is 2.54. The molecule has 0 atom stereocenters. The summed E-state index contributed by atoms with van der Waals surface area (Å²) in [7, 11) is 0. The van der Waals surface area contributed by atoms with Crippen LogP contribution < -0.4 is 19.7 Å². The standard InChI is InChI=1S/C32H32N4O5/c37-29(33-20-25-11-13-27-28(19-25)41-23-40-27)21-35-22-36(26-9-5-2-6-10-26)32(31(35)39)15-17-34(18-16-32)30(38)14-12-24-7-3-1-4-8-24/h1-14,19H,15-18,20-23H2,(H,33,37). The summed E-state index contributed by atoms with van der Waals surface area (Å²) in [5.74, 6) is 0.965. The Hall–Kier alpha value is -4.79. The molecule has 3 aliphatic rings. The lowest BCUT2D eigenvalue weighted by atomic mass is 9.85. The molecule has 0 aromatic heterocycles. The van der Waals surface area contributed by atoms with Gasteiger partial charge in [-0.05, 0) is 54.3 Å². The van der Waals surface area contributed by atoms with Gasteiger partial charge < -0.3 is 29.5 Å². The van der Waals surface area contributed by atoms with Gasteiger partial charge in [-0.1, -0.05) is 54.6 Å². The summed E-state index contributed by atoms with van der Waals surface area (Å²) in [5.41, 5.74) is 1.96. The molecule has 0 aliphatic carbocycles. The van der Waals surface area contributed by atoms with Crippen molar-refractivity contribution < 1.29 is 23.9 Å². The largest absolute Gasteiger partial charge is 0.454 e. The number of nitrogens with one attached hydrogen (secondary N) is 1. The van der Waals surface area contributed by atoms with Crippen molar-refractivity contribution in [3.8, 4) is 11.5 Å². The van der Waals surface area contributed by atoms with E-state index < -0.39 is 5.54 Å². The predicted molar refractivity (Wildman–Crippen MR) is 154 cm³/mol. The molecule has 9 heteroatoms. The van der Waals surface area contributed by atoms with Gasteiger partial charge in [0.2, 0.25) is 18.6 Å². The maximum absolute atomic E-state index is 13.9. The highest BCUT2D eigenvalue weighted by molar-refractivity contribution is 5.97. The lowest BCUT2D eigenvalue weighted by molar-refractivity contribution is -0.138. The summed E-state index contributed by atoms with van der Waals surface area (Å²) in [5, 5.41) is 2.92. The first-order chi connectivity index (χ1) is 20.0. The molecule has 1 spiro atoms. The Morgan fingerprint density at radius 3 is 2.37 bits per heavy atom. The fourth-order valence-electron chi connectivity index (χ4n) is 5.74. The molecule has 3 heterocycles. The number of rotatable bonds is 7. The minimum absolute atomic E-state index is 0.0447. The van der Waals surface area contributed by atoms with Crippen molar-refractivity contribution in [2.24, 2.45) is 0 Å². The zero-order valence-corrected chi connectivity index (χ0v) is 22.7. The Labute approximate surface area is 238 Å². The van der Waals surface area contributed by atoms with Crippen molar-refractivity contribution >= 4 is 29.5 Å². The molecule has 3 aromatic carbocycles. The number of anilines is 1. The van der Waals surface area contributed by atoms with E-state index in [1.807, 2.05) is 84.9 Å². The van der Waals surface area contributed by atoms with Crippen LogP contribution in [0.3, 0.4) is 0 Å². The van der Waals surface area contributed by atoms with Crippen LogP contribution in [-0.2, 0) is 20.9 Å². The maximum atomic E-state index is 13.9. The lowest BCUT2D eigenvalue weighted by Gasteiger charge is -2.43. The van der Waals surface area contributed by atoms with Gasteiger partial charge in [-0.15, -0.1) is 0 Å². The Morgan fingerprint density at radius 1 is 0.902 bits per heavy atom. The average Bonchev–Trinajstić information content (AvgIpc) is 3.59. The molecule has 210 valence electrons. The molecular formula is C32H32N4O5. The van der Waals surface area contributed by atoms with E-state index in [-0.39, 0.29) is 31.1 Å². The molecule has 0 unspecified atom stereocenters. The van der Waals surface area contributed by atoms with Crippen molar-refractivity contribution in [1.29, 1.82) is 0 Å². The van der Waals surface area contributed by atoms with Crippen LogP contribution in [0, 0.1) is 0 Å². The van der Waals surface area contributed by atoms with Gasteiger partial charge in [0.05, 0.1) is 6.67 Å². The van der Waals surface area contributed by atoms with Gasteiger partial charge in [0.15, 0.2) is 11.5 Å². The molecule has 0 saturated carbocycles. The number of ether oxygens (including phenoxy) is 2. The van der Waals surface area contributed by atoms with Crippen molar-refractivity contribution in [3.63, 3.8) is 0 Å². The molecule has 3 amide bonds. The van der Waals surface area contributed by atoms with E-state index in [0.29, 0.717) is 50.6 Å².